The highest BCUT2D eigenvalue weighted by Gasteiger charge is 2.30. The van der Waals surface area contributed by atoms with Gasteiger partial charge in [0.2, 0.25) is 5.91 Å². The molecule has 4 nitrogen and oxygen atoms in total. The third-order valence-corrected chi connectivity index (χ3v) is 4.83. The smallest absolute Gasteiger partial charge is 0.227 e. The van der Waals surface area contributed by atoms with Gasteiger partial charge in [-0.25, -0.2) is 0 Å². The van der Waals surface area contributed by atoms with E-state index in [-0.39, 0.29) is 17.9 Å². The second-order valence-corrected chi connectivity index (χ2v) is 7.84. The normalized spacial score (nSPS) is 17.8. The van der Waals surface area contributed by atoms with Crippen LogP contribution in [0.1, 0.15) is 51.5 Å². The zero-order chi connectivity index (χ0) is 17.6. The molecule has 4 heteroatoms. The van der Waals surface area contributed by atoms with Crippen molar-refractivity contribution in [3.63, 3.8) is 0 Å². The van der Waals surface area contributed by atoms with Gasteiger partial charge in [-0.2, -0.15) is 0 Å². The lowest BCUT2D eigenvalue weighted by Gasteiger charge is -2.36. The van der Waals surface area contributed by atoms with Crippen LogP contribution >= 0.6 is 0 Å². The van der Waals surface area contributed by atoms with Gasteiger partial charge in [0.15, 0.2) is 0 Å². The summed E-state index contributed by atoms with van der Waals surface area (Å²) in [6.45, 7) is 8.72. The van der Waals surface area contributed by atoms with Crippen molar-refractivity contribution in [2.45, 2.75) is 52.0 Å². The van der Waals surface area contributed by atoms with Crippen molar-refractivity contribution < 1.29 is 9.90 Å². The Labute approximate surface area is 146 Å². The Balaban J connectivity index is 1.82. The van der Waals surface area contributed by atoms with E-state index in [1.807, 2.05) is 31.7 Å². The summed E-state index contributed by atoms with van der Waals surface area (Å²) < 4.78 is 0. The van der Waals surface area contributed by atoms with E-state index in [4.69, 9.17) is 0 Å². The third kappa shape index (κ3) is 5.32. The van der Waals surface area contributed by atoms with Gasteiger partial charge in [-0.3, -0.25) is 4.79 Å². The van der Waals surface area contributed by atoms with E-state index in [9.17, 15) is 9.90 Å². The number of nitrogens with zero attached hydrogens (tertiary/aromatic N) is 1. The second-order valence-electron chi connectivity index (χ2n) is 7.84. The molecule has 2 N–H and O–H groups in total. The maximum Gasteiger partial charge on any atom is 0.227 e. The molecule has 0 spiro atoms. The third-order valence-electron chi connectivity index (χ3n) is 4.83. The number of amides is 1. The predicted molar refractivity (Wildman–Crippen MR) is 97.9 cm³/mol. The minimum atomic E-state index is -0.292. The van der Waals surface area contributed by atoms with E-state index in [1.165, 1.54) is 5.56 Å². The molecule has 1 aromatic rings. The summed E-state index contributed by atoms with van der Waals surface area (Å²) >= 11 is 0. The highest BCUT2D eigenvalue weighted by molar-refractivity contribution is 5.81. The number of carbonyl (C=O) groups excluding carboxylic acids is 1. The van der Waals surface area contributed by atoms with Crippen LogP contribution in [-0.4, -0.2) is 48.2 Å². The lowest BCUT2D eigenvalue weighted by Crippen LogP contribution is -2.48. The molecule has 0 aliphatic carbocycles. The summed E-state index contributed by atoms with van der Waals surface area (Å²) in [5.74, 6) is 0.592. The van der Waals surface area contributed by atoms with E-state index < -0.39 is 0 Å². The van der Waals surface area contributed by atoms with Crippen molar-refractivity contribution in [1.29, 1.82) is 0 Å². The standard InChI is InChI=1S/C20H32N2O2/c1-20(2,3)19(24)22-12-9-18(10-13-22)21-15-17(11-14-23)16-7-5-4-6-8-16/h4-8,17-18,21,23H,9-15H2,1-3H3. The SMILES string of the molecule is CC(C)(C)C(=O)N1CCC(NCC(CCO)c2ccccc2)CC1. The van der Waals surface area contributed by atoms with Crippen LogP contribution in [-0.2, 0) is 4.79 Å². The topological polar surface area (TPSA) is 52.6 Å². The average Bonchev–Trinajstić information content (AvgIpc) is 2.58. The number of likely N-dealkylation sites (tertiary alicyclic amines) is 1. The van der Waals surface area contributed by atoms with Crippen molar-refractivity contribution in [3.8, 4) is 0 Å². The fourth-order valence-electron chi connectivity index (χ4n) is 3.34. The Morgan fingerprint density at radius 2 is 1.88 bits per heavy atom. The van der Waals surface area contributed by atoms with E-state index >= 15 is 0 Å². The Morgan fingerprint density at radius 3 is 2.42 bits per heavy atom. The largest absolute Gasteiger partial charge is 0.396 e. The number of hydrogen-bond acceptors (Lipinski definition) is 3. The van der Waals surface area contributed by atoms with Crippen LogP contribution < -0.4 is 5.32 Å². The van der Waals surface area contributed by atoms with Gasteiger partial charge >= 0.3 is 0 Å². The van der Waals surface area contributed by atoms with Gasteiger partial charge in [0.1, 0.15) is 0 Å². The molecule has 0 saturated carbocycles. The Bertz CT molecular complexity index is 502. The van der Waals surface area contributed by atoms with Crippen molar-refractivity contribution in [3.05, 3.63) is 35.9 Å². The molecule has 134 valence electrons. The molecule has 1 unspecified atom stereocenters. The van der Waals surface area contributed by atoms with Crippen molar-refractivity contribution in [2.24, 2.45) is 5.41 Å². The van der Waals surface area contributed by atoms with Gasteiger partial charge in [0.25, 0.3) is 0 Å². The molecule has 1 aliphatic heterocycles. The van der Waals surface area contributed by atoms with Crippen LogP contribution in [0.25, 0.3) is 0 Å². The minimum Gasteiger partial charge on any atom is -0.396 e. The molecule has 1 saturated heterocycles. The molecule has 24 heavy (non-hydrogen) atoms. The van der Waals surface area contributed by atoms with Crippen molar-refractivity contribution in [2.75, 3.05) is 26.2 Å². The van der Waals surface area contributed by atoms with Gasteiger partial charge in [0, 0.05) is 37.7 Å². The first kappa shape index (κ1) is 18.9. The van der Waals surface area contributed by atoms with Gasteiger partial charge in [0.05, 0.1) is 0 Å². The van der Waals surface area contributed by atoms with Gasteiger partial charge in [-0.05, 0) is 30.7 Å². The molecule has 1 fully saturated rings. The molecule has 1 heterocycles. The summed E-state index contributed by atoms with van der Waals surface area (Å²) in [7, 11) is 0. The van der Waals surface area contributed by atoms with E-state index in [0.717, 1.165) is 38.9 Å². The molecule has 1 atom stereocenters. The molecule has 0 radical (unpaired) electrons. The zero-order valence-corrected chi connectivity index (χ0v) is 15.3. The fourth-order valence-corrected chi connectivity index (χ4v) is 3.34. The maximum absolute atomic E-state index is 12.3. The lowest BCUT2D eigenvalue weighted by molar-refractivity contribution is -0.140. The first-order valence-electron chi connectivity index (χ1n) is 9.10. The van der Waals surface area contributed by atoms with Crippen LogP contribution in [0.5, 0.6) is 0 Å². The highest BCUT2D eigenvalue weighted by Crippen LogP contribution is 2.22. The Hall–Kier alpha value is -1.39. The number of rotatable bonds is 6. The van der Waals surface area contributed by atoms with Crippen molar-refractivity contribution >= 4 is 5.91 Å². The van der Waals surface area contributed by atoms with Gasteiger partial charge in [-0.15, -0.1) is 0 Å². The first-order valence-corrected chi connectivity index (χ1v) is 9.10. The van der Waals surface area contributed by atoms with E-state index in [1.54, 1.807) is 0 Å². The van der Waals surface area contributed by atoms with E-state index in [2.05, 4.69) is 29.6 Å². The van der Waals surface area contributed by atoms with Crippen LogP contribution in [0.15, 0.2) is 30.3 Å². The average molecular weight is 332 g/mol. The van der Waals surface area contributed by atoms with Crippen LogP contribution in [0.3, 0.4) is 0 Å². The molecular formula is C20H32N2O2. The number of nitrogens with one attached hydrogen (secondary N) is 1. The fraction of sp³-hybridized carbons (Fsp3) is 0.650. The molecule has 0 bridgehead atoms. The quantitative estimate of drug-likeness (QED) is 0.842. The molecule has 1 amide bonds. The molecule has 1 aromatic carbocycles. The summed E-state index contributed by atoms with van der Waals surface area (Å²) in [5.41, 5.74) is 0.985. The lowest BCUT2D eigenvalue weighted by atomic mass is 9.92. The summed E-state index contributed by atoms with van der Waals surface area (Å²) in [5, 5.41) is 13.0. The molecular weight excluding hydrogens is 300 g/mol. The van der Waals surface area contributed by atoms with Crippen LogP contribution in [0.2, 0.25) is 0 Å². The summed E-state index contributed by atoms with van der Waals surface area (Å²) in [6.07, 6.45) is 2.78. The number of carbonyl (C=O) groups is 1. The van der Waals surface area contributed by atoms with Crippen LogP contribution in [0.4, 0.5) is 0 Å². The van der Waals surface area contributed by atoms with Gasteiger partial charge < -0.3 is 15.3 Å². The predicted octanol–water partition coefficient (Wildman–Crippen LogP) is 2.78. The number of benzene rings is 1. The number of piperidine rings is 1. The van der Waals surface area contributed by atoms with E-state index in [0.29, 0.717) is 12.0 Å². The molecule has 2 rings (SSSR count). The number of aliphatic hydroxyl groups is 1. The number of hydrogen-bond donors (Lipinski definition) is 2. The molecule has 0 aromatic heterocycles. The van der Waals surface area contributed by atoms with Crippen LogP contribution in [0, 0.1) is 5.41 Å². The van der Waals surface area contributed by atoms with Crippen molar-refractivity contribution in [1.82, 2.24) is 10.2 Å². The zero-order valence-electron chi connectivity index (χ0n) is 15.3. The summed E-state index contributed by atoms with van der Waals surface area (Å²) in [4.78, 5) is 14.3. The monoisotopic (exact) mass is 332 g/mol. The Morgan fingerprint density at radius 1 is 1.25 bits per heavy atom. The number of aliphatic hydroxyl groups excluding tert-OH is 1. The van der Waals surface area contributed by atoms with Gasteiger partial charge in [-0.1, -0.05) is 51.1 Å². The Kier molecular flexibility index (Phi) is 6.81. The maximum atomic E-state index is 12.3. The highest BCUT2D eigenvalue weighted by atomic mass is 16.3. The summed E-state index contributed by atoms with van der Waals surface area (Å²) in [6, 6.07) is 10.8. The molecule has 1 aliphatic rings. The first-order chi connectivity index (χ1) is 11.4. The second kappa shape index (κ2) is 8.63. The minimum absolute atomic E-state index is 0.208.